The van der Waals surface area contributed by atoms with Gasteiger partial charge in [0.2, 0.25) is 0 Å². The van der Waals surface area contributed by atoms with Crippen molar-refractivity contribution in [2.45, 2.75) is 13.5 Å². The smallest absolute Gasteiger partial charge is 0.270 e. The highest BCUT2D eigenvalue weighted by atomic mass is 35.5. The average molecular weight is 403 g/mol. The molecule has 1 N–H and O–H groups in total. The highest BCUT2D eigenvalue weighted by molar-refractivity contribution is 6.33. The van der Waals surface area contributed by atoms with Crippen molar-refractivity contribution in [1.29, 1.82) is 0 Å². The average Bonchev–Trinajstić information content (AvgIpc) is 3.18. The van der Waals surface area contributed by atoms with Gasteiger partial charge in [-0.1, -0.05) is 48.0 Å². The Morgan fingerprint density at radius 1 is 1.03 bits per heavy atom. The van der Waals surface area contributed by atoms with Crippen molar-refractivity contribution in [1.82, 2.24) is 20.1 Å². The summed E-state index contributed by atoms with van der Waals surface area (Å²) in [5.41, 5.74) is 4.53. The van der Waals surface area contributed by atoms with Crippen LogP contribution in [0.2, 0.25) is 5.02 Å². The summed E-state index contributed by atoms with van der Waals surface area (Å²) < 4.78 is 1.65. The van der Waals surface area contributed by atoms with Crippen LogP contribution in [0.15, 0.2) is 79.0 Å². The standard InChI is InChI=1S/C23H19ClN4O/c1-16-7-6-9-18(13-16)28-22(23(29)26-15-17-8-4-5-12-25-17)14-21(27-28)19-10-2-3-11-20(19)24/h2-14H,15H2,1H3,(H,26,29). The van der Waals surface area contributed by atoms with Crippen molar-refractivity contribution < 1.29 is 4.79 Å². The van der Waals surface area contributed by atoms with Gasteiger partial charge < -0.3 is 5.32 Å². The molecule has 29 heavy (non-hydrogen) atoms. The van der Waals surface area contributed by atoms with Crippen molar-refractivity contribution in [2.24, 2.45) is 0 Å². The number of nitrogens with one attached hydrogen (secondary N) is 1. The maximum absolute atomic E-state index is 13.0. The summed E-state index contributed by atoms with van der Waals surface area (Å²) in [5, 5.41) is 8.19. The largest absolute Gasteiger partial charge is 0.345 e. The third-order valence-electron chi connectivity index (χ3n) is 4.49. The molecule has 1 amide bonds. The molecule has 0 saturated heterocycles. The molecule has 0 aliphatic carbocycles. The molecule has 4 aromatic rings. The topological polar surface area (TPSA) is 59.8 Å². The Bertz CT molecular complexity index is 1150. The molecule has 0 unspecified atom stereocenters. The summed E-state index contributed by atoms with van der Waals surface area (Å²) >= 11 is 6.35. The van der Waals surface area contributed by atoms with E-state index in [2.05, 4.69) is 15.4 Å². The Morgan fingerprint density at radius 3 is 2.62 bits per heavy atom. The van der Waals surface area contributed by atoms with E-state index in [0.29, 0.717) is 23.0 Å². The van der Waals surface area contributed by atoms with Gasteiger partial charge in [0, 0.05) is 11.8 Å². The zero-order valence-electron chi connectivity index (χ0n) is 15.8. The number of nitrogens with zero attached hydrogens (tertiary/aromatic N) is 3. The predicted molar refractivity (Wildman–Crippen MR) is 114 cm³/mol. The fraction of sp³-hybridized carbons (Fsp3) is 0.0870. The first kappa shape index (κ1) is 18.9. The van der Waals surface area contributed by atoms with E-state index in [9.17, 15) is 4.79 Å². The summed E-state index contributed by atoms with van der Waals surface area (Å²) in [6.07, 6.45) is 1.70. The minimum atomic E-state index is -0.233. The molecule has 0 atom stereocenters. The van der Waals surface area contributed by atoms with Crippen molar-refractivity contribution in [3.05, 3.63) is 101 Å². The molecule has 0 radical (unpaired) electrons. The van der Waals surface area contributed by atoms with Crippen LogP contribution in [0.3, 0.4) is 0 Å². The number of amides is 1. The van der Waals surface area contributed by atoms with Gasteiger partial charge in [-0.2, -0.15) is 5.10 Å². The highest BCUT2D eigenvalue weighted by Crippen LogP contribution is 2.28. The second-order valence-corrected chi connectivity index (χ2v) is 7.06. The van der Waals surface area contributed by atoms with Crippen molar-refractivity contribution in [2.75, 3.05) is 0 Å². The van der Waals surface area contributed by atoms with E-state index in [4.69, 9.17) is 11.6 Å². The predicted octanol–water partition coefficient (Wildman–Crippen LogP) is 4.83. The Labute approximate surface area is 174 Å². The number of carbonyl (C=O) groups excluding carboxylic acids is 1. The third kappa shape index (κ3) is 4.20. The summed E-state index contributed by atoms with van der Waals surface area (Å²) in [5.74, 6) is -0.233. The molecule has 0 aliphatic rings. The van der Waals surface area contributed by atoms with Gasteiger partial charge in [-0.3, -0.25) is 9.78 Å². The molecule has 144 valence electrons. The van der Waals surface area contributed by atoms with E-state index < -0.39 is 0 Å². The summed E-state index contributed by atoms with van der Waals surface area (Å²) in [4.78, 5) is 17.2. The van der Waals surface area contributed by atoms with Crippen molar-refractivity contribution >= 4 is 17.5 Å². The van der Waals surface area contributed by atoms with Gasteiger partial charge in [0.15, 0.2) is 0 Å². The molecule has 4 rings (SSSR count). The number of rotatable bonds is 5. The normalized spacial score (nSPS) is 10.7. The van der Waals surface area contributed by atoms with Crippen molar-refractivity contribution in [3.63, 3.8) is 0 Å². The lowest BCUT2D eigenvalue weighted by Crippen LogP contribution is -2.25. The minimum absolute atomic E-state index is 0.233. The van der Waals surface area contributed by atoms with Gasteiger partial charge >= 0.3 is 0 Å². The van der Waals surface area contributed by atoms with Crippen LogP contribution >= 0.6 is 11.6 Å². The number of hydrogen-bond donors (Lipinski definition) is 1. The number of aryl methyl sites for hydroxylation is 1. The summed E-state index contributed by atoms with van der Waals surface area (Å²) in [7, 11) is 0. The first-order chi connectivity index (χ1) is 14.1. The van der Waals surface area contributed by atoms with Gasteiger partial charge in [-0.05, 0) is 48.9 Å². The number of halogens is 1. The Kier molecular flexibility index (Phi) is 5.40. The lowest BCUT2D eigenvalue weighted by atomic mass is 10.1. The van der Waals surface area contributed by atoms with E-state index in [0.717, 1.165) is 22.5 Å². The van der Waals surface area contributed by atoms with Gasteiger partial charge in [0.1, 0.15) is 5.69 Å². The van der Waals surface area contributed by atoms with E-state index in [1.54, 1.807) is 16.9 Å². The SMILES string of the molecule is Cc1cccc(-n2nc(-c3ccccc3Cl)cc2C(=O)NCc2ccccn2)c1. The van der Waals surface area contributed by atoms with Crippen LogP contribution in [-0.4, -0.2) is 20.7 Å². The fourth-order valence-electron chi connectivity index (χ4n) is 3.06. The van der Waals surface area contributed by atoms with Crippen LogP contribution in [0, 0.1) is 6.92 Å². The first-order valence-electron chi connectivity index (χ1n) is 9.22. The Balaban J connectivity index is 1.72. The molecule has 0 bridgehead atoms. The highest BCUT2D eigenvalue weighted by Gasteiger charge is 2.19. The zero-order chi connectivity index (χ0) is 20.2. The zero-order valence-corrected chi connectivity index (χ0v) is 16.6. The maximum atomic E-state index is 13.0. The quantitative estimate of drug-likeness (QED) is 0.520. The molecule has 2 aromatic heterocycles. The van der Waals surface area contributed by atoms with Crippen LogP contribution in [-0.2, 0) is 6.54 Å². The molecule has 2 aromatic carbocycles. The minimum Gasteiger partial charge on any atom is -0.345 e. The van der Waals surface area contributed by atoms with Crippen LogP contribution in [0.1, 0.15) is 21.7 Å². The number of benzene rings is 2. The molecule has 0 spiro atoms. The summed E-state index contributed by atoms with van der Waals surface area (Å²) in [6, 6.07) is 22.7. The lowest BCUT2D eigenvalue weighted by Gasteiger charge is -2.09. The third-order valence-corrected chi connectivity index (χ3v) is 4.82. The van der Waals surface area contributed by atoms with Crippen molar-refractivity contribution in [3.8, 4) is 16.9 Å². The van der Waals surface area contributed by atoms with Gasteiger partial charge in [-0.25, -0.2) is 4.68 Å². The second-order valence-electron chi connectivity index (χ2n) is 6.65. The molecule has 2 heterocycles. The summed E-state index contributed by atoms with van der Waals surface area (Å²) in [6.45, 7) is 2.34. The van der Waals surface area contributed by atoms with E-state index in [-0.39, 0.29) is 5.91 Å². The number of pyridine rings is 1. The van der Waals surface area contributed by atoms with Crippen LogP contribution < -0.4 is 5.32 Å². The van der Waals surface area contributed by atoms with Gasteiger partial charge in [0.05, 0.1) is 28.6 Å². The van der Waals surface area contributed by atoms with Gasteiger partial charge in [0.25, 0.3) is 5.91 Å². The Morgan fingerprint density at radius 2 is 1.86 bits per heavy atom. The fourth-order valence-corrected chi connectivity index (χ4v) is 3.30. The number of aromatic nitrogens is 3. The lowest BCUT2D eigenvalue weighted by molar-refractivity contribution is 0.0942. The Hall–Kier alpha value is -3.44. The van der Waals surface area contributed by atoms with Crippen LogP contribution in [0.25, 0.3) is 16.9 Å². The number of carbonyl (C=O) groups is 1. The van der Waals surface area contributed by atoms with Crippen LogP contribution in [0.4, 0.5) is 0 Å². The van der Waals surface area contributed by atoms with Gasteiger partial charge in [-0.15, -0.1) is 0 Å². The van der Waals surface area contributed by atoms with Crippen LogP contribution in [0.5, 0.6) is 0 Å². The van der Waals surface area contributed by atoms with E-state index >= 15 is 0 Å². The maximum Gasteiger partial charge on any atom is 0.270 e. The van der Waals surface area contributed by atoms with E-state index in [1.807, 2.05) is 73.7 Å². The first-order valence-corrected chi connectivity index (χ1v) is 9.60. The molecule has 0 fully saturated rings. The molecule has 0 aliphatic heterocycles. The molecular weight excluding hydrogens is 384 g/mol. The molecule has 5 nitrogen and oxygen atoms in total. The molecule has 6 heteroatoms. The second kappa shape index (κ2) is 8.29. The molecule has 0 saturated carbocycles. The monoisotopic (exact) mass is 402 g/mol. The number of hydrogen-bond acceptors (Lipinski definition) is 3. The molecular formula is C23H19ClN4O. The van der Waals surface area contributed by atoms with E-state index in [1.165, 1.54) is 0 Å².